The fourth-order valence-electron chi connectivity index (χ4n) is 2.91. The Morgan fingerprint density at radius 2 is 1.58 bits per heavy atom. The van der Waals surface area contributed by atoms with Gasteiger partial charge < -0.3 is 5.32 Å². The molecule has 3 heteroatoms. The number of para-hydroxylation sites is 1. The highest BCUT2D eigenvalue weighted by Crippen LogP contribution is 2.26. The van der Waals surface area contributed by atoms with Crippen LogP contribution in [0.4, 0.5) is 5.69 Å². The van der Waals surface area contributed by atoms with E-state index < -0.39 is 0 Å². The number of nitrogens with one attached hydrogen (secondary N) is 1. The van der Waals surface area contributed by atoms with Crippen molar-refractivity contribution in [3.8, 4) is 0 Å². The van der Waals surface area contributed by atoms with Crippen LogP contribution in [0.25, 0.3) is 0 Å². The van der Waals surface area contributed by atoms with Crippen LogP contribution in [0.3, 0.4) is 0 Å². The van der Waals surface area contributed by atoms with Gasteiger partial charge in [-0.05, 0) is 41.8 Å². The summed E-state index contributed by atoms with van der Waals surface area (Å²) in [5.74, 6) is 0.121. The fraction of sp³-hybridized carbons (Fsp3) is 0.174. The lowest BCUT2D eigenvalue weighted by atomic mass is 9.97. The van der Waals surface area contributed by atoms with E-state index in [0.717, 1.165) is 23.2 Å². The van der Waals surface area contributed by atoms with Crippen molar-refractivity contribution in [3.63, 3.8) is 0 Å². The van der Waals surface area contributed by atoms with Crippen LogP contribution < -0.4 is 5.32 Å². The molecule has 0 amide bonds. The predicted molar refractivity (Wildman–Crippen MR) is 109 cm³/mol. The standard InChI is InChI=1S/C23H22ClNO/c1-2-17-8-10-19(11-9-17)23(26)16-22(18-12-14-20(24)15-13-18)25-21-6-4-3-5-7-21/h3-15,22,25H,2,16H2,1H3/t22-/m0/s1. The summed E-state index contributed by atoms with van der Waals surface area (Å²) >= 11 is 6.02. The largest absolute Gasteiger partial charge is 0.378 e. The molecule has 0 aliphatic carbocycles. The number of Topliss-reactive ketones (excluding diaryl/α,β-unsaturated/α-hetero) is 1. The molecule has 0 unspecified atom stereocenters. The molecular formula is C23H22ClNO. The van der Waals surface area contributed by atoms with Crippen LogP contribution >= 0.6 is 11.6 Å². The summed E-state index contributed by atoms with van der Waals surface area (Å²) in [4.78, 5) is 12.8. The number of halogens is 1. The number of aryl methyl sites for hydroxylation is 1. The molecule has 0 bridgehead atoms. The zero-order valence-corrected chi connectivity index (χ0v) is 15.5. The Morgan fingerprint density at radius 3 is 2.19 bits per heavy atom. The van der Waals surface area contributed by atoms with Gasteiger partial charge in [-0.2, -0.15) is 0 Å². The first-order chi connectivity index (χ1) is 12.7. The number of ketones is 1. The molecule has 3 aromatic carbocycles. The Kier molecular flexibility index (Phi) is 6.08. The van der Waals surface area contributed by atoms with E-state index in [0.29, 0.717) is 11.4 Å². The average molecular weight is 364 g/mol. The lowest BCUT2D eigenvalue weighted by Crippen LogP contribution is -2.15. The Balaban J connectivity index is 1.82. The normalized spacial score (nSPS) is 11.8. The Labute approximate surface area is 159 Å². The number of carbonyl (C=O) groups excluding carboxylic acids is 1. The Morgan fingerprint density at radius 1 is 0.923 bits per heavy atom. The number of benzene rings is 3. The molecule has 26 heavy (non-hydrogen) atoms. The van der Waals surface area contributed by atoms with Crippen LogP contribution in [-0.2, 0) is 6.42 Å². The Bertz CT molecular complexity index is 842. The molecule has 0 fully saturated rings. The summed E-state index contributed by atoms with van der Waals surface area (Å²) in [6, 6.07) is 25.4. The molecule has 3 aromatic rings. The van der Waals surface area contributed by atoms with Gasteiger partial charge in [-0.1, -0.05) is 73.1 Å². The van der Waals surface area contributed by atoms with Gasteiger partial charge in [-0.25, -0.2) is 0 Å². The molecule has 1 atom stereocenters. The number of carbonyl (C=O) groups is 1. The zero-order chi connectivity index (χ0) is 18.4. The molecule has 0 heterocycles. The van der Waals surface area contributed by atoms with Gasteiger partial charge in [0.15, 0.2) is 5.78 Å². The van der Waals surface area contributed by atoms with Gasteiger partial charge in [0.1, 0.15) is 0 Å². The van der Waals surface area contributed by atoms with Crippen LogP contribution in [0.2, 0.25) is 5.02 Å². The topological polar surface area (TPSA) is 29.1 Å². The summed E-state index contributed by atoms with van der Waals surface area (Å²) in [7, 11) is 0. The molecule has 0 spiro atoms. The van der Waals surface area contributed by atoms with Gasteiger partial charge >= 0.3 is 0 Å². The minimum Gasteiger partial charge on any atom is -0.378 e. The molecule has 1 N–H and O–H groups in total. The number of anilines is 1. The highest BCUT2D eigenvalue weighted by molar-refractivity contribution is 6.30. The van der Waals surface area contributed by atoms with Crippen molar-refractivity contribution in [1.29, 1.82) is 0 Å². The van der Waals surface area contributed by atoms with E-state index in [9.17, 15) is 4.79 Å². The summed E-state index contributed by atoms with van der Waals surface area (Å²) in [5, 5.41) is 4.16. The van der Waals surface area contributed by atoms with Crippen LogP contribution in [-0.4, -0.2) is 5.78 Å². The average Bonchev–Trinajstić information content (AvgIpc) is 2.69. The highest BCUT2D eigenvalue weighted by Gasteiger charge is 2.17. The SMILES string of the molecule is CCc1ccc(C(=O)C[C@H](Nc2ccccc2)c2ccc(Cl)cc2)cc1. The quantitative estimate of drug-likeness (QED) is 0.497. The monoisotopic (exact) mass is 363 g/mol. The van der Waals surface area contributed by atoms with Gasteiger partial charge in [0.25, 0.3) is 0 Å². The lowest BCUT2D eigenvalue weighted by Gasteiger charge is -2.20. The fourth-order valence-corrected chi connectivity index (χ4v) is 3.04. The van der Waals surface area contributed by atoms with Gasteiger partial charge in [0, 0.05) is 22.7 Å². The van der Waals surface area contributed by atoms with Gasteiger partial charge in [0.2, 0.25) is 0 Å². The predicted octanol–water partition coefficient (Wildman–Crippen LogP) is 6.33. The van der Waals surface area contributed by atoms with Gasteiger partial charge in [-0.15, -0.1) is 0 Å². The van der Waals surface area contributed by atoms with Crippen molar-refractivity contribution in [1.82, 2.24) is 0 Å². The molecule has 2 nitrogen and oxygen atoms in total. The van der Waals surface area contributed by atoms with Crippen molar-refractivity contribution in [2.24, 2.45) is 0 Å². The molecular weight excluding hydrogens is 342 g/mol. The molecule has 0 saturated carbocycles. The van der Waals surface area contributed by atoms with E-state index in [2.05, 4.69) is 12.2 Å². The van der Waals surface area contributed by atoms with Crippen molar-refractivity contribution in [2.75, 3.05) is 5.32 Å². The first-order valence-electron chi connectivity index (χ1n) is 8.85. The summed E-state index contributed by atoms with van der Waals surface area (Å²) in [6.07, 6.45) is 1.35. The van der Waals surface area contributed by atoms with Crippen LogP contribution in [0.5, 0.6) is 0 Å². The second-order valence-electron chi connectivity index (χ2n) is 6.29. The first-order valence-corrected chi connectivity index (χ1v) is 9.22. The van der Waals surface area contributed by atoms with E-state index in [-0.39, 0.29) is 11.8 Å². The molecule has 0 radical (unpaired) electrons. The van der Waals surface area contributed by atoms with Crippen LogP contribution in [0, 0.1) is 0 Å². The van der Waals surface area contributed by atoms with E-state index in [1.165, 1.54) is 5.56 Å². The summed E-state index contributed by atoms with van der Waals surface area (Å²) in [5.41, 5.74) is 4.01. The summed E-state index contributed by atoms with van der Waals surface area (Å²) in [6.45, 7) is 2.11. The molecule has 0 aliphatic heterocycles. The number of rotatable bonds is 7. The lowest BCUT2D eigenvalue weighted by molar-refractivity contribution is 0.0976. The van der Waals surface area contributed by atoms with Gasteiger partial charge in [-0.3, -0.25) is 4.79 Å². The van der Waals surface area contributed by atoms with Crippen molar-refractivity contribution in [2.45, 2.75) is 25.8 Å². The Hall–Kier alpha value is -2.58. The van der Waals surface area contributed by atoms with Gasteiger partial charge in [0.05, 0.1) is 6.04 Å². The van der Waals surface area contributed by atoms with Crippen molar-refractivity contribution < 1.29 is 4.79 Å². The van der Waals surface area contributed by atoms with E-state index in [1.54, 1.807) is 0 Å². The third-order valence-electron chi connectivity index (χ3n) is 4.46. The number of hydrogen-bond acceptors (Lipinski definition) is 2. The zero-order valence-electron chi connectivity index (χ0n) is 14.8. The van der Waals surface area contributed by atoms with Crippen molar-refractivity contribution >= 4 is 23.1 Å². The second-order valence-corrected chi connectivity index (χ2v) is 6.73. The number of hydrogen-bond donors (Lipinski definition) is 1. The molecule has 0 aliphatic rings. The minimum absolute atomic E-state index is 0.118. The second kappa shape index (κ2) is 8.68. The minimum atomic E-state index is -0.118. The van der Waals surface area contributed by atoms with E-state index in [1.807, 2.05) is 78.9 Å². The van der Waals surface area contributed by atoms with Crippen LogP contribution in [0.15, 0.2) is 78.9 Å². The third-order valence-corrected chi connectivity index (χ3v) is 4.71. The van der Waals surface area contributed by atoms with Crippen LogP contribution in [0.1, 0.15) is 40.9 Å². The maximum absolute atomic E-state index is 12.8. The maximum atomic E-state index is 12.8. The molecule has 132 valence electrons. The molecule has 0 aromatic heterocycles. The third kappa shape index (κ3) is 4.74. The highest BCUT2D eigenvalue weighted by atomic mass is 35.5. The first kappa shape index (κ1) is 18.2. The van der Waals surface area contributed by atoms with E-state index >= 15 is 0 Å². The molecule has 0 saturated heterocycles. The smallest absolute Gasteiger partial charge is 0.165 e. The van der Waals surface area contributed by atoms with Crippen molar-refractivity contribution in [3.05, 3.63) is 101 Å². The van der Waals surface area contributed by atoms with E-state index in [4.69, 9.17) is 11.6 Å². The summed E-state index contributed by atoms with van der Waals surface area (Å²) < 4.78 is 0. The maximum Gasteiger partial charge on any atom is 0.165 e. The molecule has 3 rings (SSSR count).